The minimum Gasteiger partial charge on any atom is -0.481 e. The average molecular weight is 872 g/mol. The van der Waals surface area contributed by atoms with Crippen molar-refractivity contribution >= 4 is 17.8 Å². The molecule has 1 spiro atoms. The van der Waals surface area contributed by atoms with Crippen LogP contribution in [-0.2, 0) is 38.0 Å². The van der Waals surface area contributed by atoms with E-state index in [0.717, 1.165) is 6.42 Å². The van der Waals surface area contributed by atoms with Crippen LogP contribution < -0.4 is 5.32 Å². The number of Topliss-reactive ketones (excluding diaryl/α,β-unsaturated/α-hetero) is 1. The molecular formula is C46H75F2NO12. The summed E-state index contributed by atoms with van der Waals surface area (Å²) in [4.78, 5) is 39.4. The molecule has 15 heteroatoms. The van der Waals surface area contributed by atoms with Gasteiger partial charge in [-0.2, -0.15) is 0 Å². The number of alkyl halides is 2. The molecule has 2 unspecified atom stereocenters. The Balaban J connectivity index is 1.36. The second-order valence-corrected chi connectivity index (χ2v) is 19.4. The molecular weight excluding hydrogens is 796 g/mol. The van der Waals surface area contributed by atoms with E-state index in [0.29, 0.717) is 57.8 Å². The average Bonchev–Trinajstić information content (AvgIpc) is 3.63. The zero-order valence-corrected chi connectivity index (χ0v) is 38.0. The first kappa shape index (κ1) is 49.7. The maximum Gasteiger partial charge on any atom is 0.407 e. The van der Waals surface area contributed by atoms with Crippen molar-refractivity contribution in [3.8, 4) is 0 Å². The topological polar surface area (TPSA) is 179 Å². The summed E-state index contributed by atoms with van der Waals surface area (Å²) in [5.74, 6) is -5.10. The van der Waals surface area contributed by atoms with Crippen LogP contribution in [0.3, 0.4) is 0 Å². The lowest BCUT2D eigenvalue weighted by molar-refractivity contribution is -0.327. The molecule has 61 heavy (non-hydrogen) atoms. The maximum atomic E-state index is 14.6. The zero-order chi connectivity index (χ0) is 45.2. The zero-order valence-electron chi connectivity index (χ0n) is 38.0. The molecule has 0 aromatic rings. The molecule has 4 N–H and O–H groups in total. The third kappa shape index (κ3) is 10.7. The monoisotopic (exact) mass is 872 g/mol. The number of hydrogen-bond acceptors (Lipinski definition) is 11. The van der Waals surface area contributed by atoms with Gasteiger partial charge >= 0.3 is 12.1 Å². The van der Waals surface area contributed by atoms with E-state index in [4.69, 9.17) is 28.4 Å². The number of aliphatic carboxylic acids is 1. The van der Waals surface area contributed by atoms with Gasteiger partial charge in [0.1, 0.15) is 11.9 Å². The van der Waals surface area contributed by atoms with Gasteiger partial charge in [-0.1, -0.05) is 61.5 Å². The number of ketones is 1. The predicted octanol–water partition coefficient (Wildman–Crippen LogP) is 7.23. The first-order chi connectivity index (χ1) is 28.6. The summed E-state index contributed by atoms with van der Waals surface area (Å²) in [7, 11) is 0. The van der Waals surface area contributed by atoms with Crippen LogP contribution in [0.1, 0.15) is 133 Å². The number of ether oxygens (including phenoxy) is 6. The number of halogens is 2. The van der Waals surface area contributed by atoms with Crippen molar-refractivity contribution < 1.29 is 66.9 Å². The number of amides is 1. The summed E-state index contributed by atoms with van der Waals surface area (Å²) in [6.07, 6.45) is 0.620. The molecule has 0 bridgehead atoms. The van der Waals surface area contributed by atoms with Gasteiger partial charge in [0.2, 0.25) is 0 Å². The highest BCUT2D eigenvalue weighted by molar-refractivity contribution is 5.84. The van der Waals surface area contributed by atoms with Crippen LogP contribution in [0.15, 0.2) is 12.2 Å². The first-order valence-electron chi connectivity index (χ1n) is 23.1. The number of rotatable bonds is 16. The van der Waals surface area contributed by atoms with Crippen LogP contribution in [0.5, 0.6) is 0 Å². The summed E-state index contributed by atoms with van der Waals surface area (Å²) in [5, 5.41) is 35.4. The molecule has 5 heterocycles. The Kier molecular flexibility index (Phi) is 16.5. The van der Waals surface area contributed by atoms with Crippen molar-refractivity contribution in [3.05, 3.63) is 12.2 Å². The van der Waals surface area contributed by atoms with Crippen molar-refractivity contribution in [1.29, 1.82) is 0 Å². The van der Waals surface area contributed by atoms with E-state index >= 15 is 0 Å². The van der Waals surface area contributed by atoms with Gasteiger partial charge in [-0.3, -0.25) is 9.59 Å². The Labute approximate surface area is 361 Å². The summed E-state index contributed by atoms with van der Waals surface area (Å²) in [6, 6.07) is -0.833. The first-order valence-corrected chi connectivity index (χ1v) is 23.1. The third-order valence-electron chi connectivity index (χ3n) is 15.3. The molecule has 19 atom stereocenters. The lowest BCUT2D eigenvalue weighted by Crippen LogP contribution is -2.62. The second-order valence-electron chi connectivity index (χ2n) is 19.4. The number of aliphatic hydroxyl groups is 2. The maximum absolute atomic E-state index is 14.6. The van der Waals surface area contributed by atoms with E-state index in [1.807, 2.05) is 62.3 Å². The Morgan fingerprint density at radius 2 is 1.59 bits per heavy atom. The largest absolute Gasteiger partial charge is 0.481 e. The molecule has 0 aliphatic carbocycles. The van der Waals surface area contributed by atoms with Gasteiger partial charge in [0.05, 0.1) is 65.9 Å². The van der Waals surface area contributed by atoms with E-state index in [1.165, 1.54) is 0 Å². The van der Waals surface area contributed by atoms with Gasteiger partial charge in [0.25, 0.3) is 6.43 Å². The molecule has 0 saturated carbocycles. The Morgan fingerprint density at radius 1 is 0.902 bits per heavy atom. The van der Waals surface area contributed by atoms with Crippen LogP contribution in [0.2, 0.25) is 0 Å². The highest BCUT2D eigenvalue weighted by atomic mass is 19.3. The minimum absolute atomic E-state index is 0.0636. The number of carboxylic acid groups (broad SMARTS) is 1. The Hall–Kier alpha value is -2.27. The van der Waals surface area contributed by atoms with Crippen molar-refractivity contribution in [2.75, 3.05) is 6.61 Å². The molecule has 0 aromatic heterocycles. The van der Waals surface area contributed by atoms with E-state index < -0.39 is 115 Å². The van der Waals surface area contributed by atoms with Crippen LogP contribution in [-0.4, -0.2) is 118 Å². The van der Waals surface area contributed by atoms with Crippen molar-refractivity contribution in [1.82, 2.24) is 5.32 Å². The van der Waals surface area contributed by atoms with Gasteiger partial charge < -0.3 is 49.1 Å². The molecule has 4 saturated heterocycles. The quantitative estimate of drug-likeness (QED) is 0.115. The van der Waals surface area contributed by atoms with Crippen molar-refractivity contribution in [3.63, 3.8) is 0 Å². The van der Waals surface area contributed by atoms with Gasteiger partial charge in [0.15, 0.2) is 12.4 Å². The highest BCUT2D eigenvalue weighted by Crippen LogP contribution is 2.49. The second kappa shape index (κ2) is 20.3. The van der Waals surface area contributed by atoms with Crippen molar-refractivity contribution in [2.24, 2.45) is 41.4 Å². The molecule has 5 aliphatic heterocycles. The van der Waals surface area contributed by atoms with E-state index in [1.54, 1.807) is 19.1 Å². The summed E-state index contributed by atoms with van der Waals surface area (Å²) in [5.41, 5.74) is -1.67. The van der Waals surface area contributed by atoms with Gasteiger partial charge in [-0.15, -0.1) is 0 Å². The van der Waals surface area contributed by atoms with Crippen LogP contribution in [0.4, 0.5) is 13.6 Å². The number of carbonyl (C=O) groups is 3. The molecule has 5 rings (SSSR count). The van der Waals surface area contributed by atoms with E-state index in [9.17, 15) is 38.5 Å². The fourth-order valence-corrected chi connectivity index (χ4v) is 11.1. The smallest absolute Gasteiger partial charge is 0.407 e. The molecule has 350 valence electrons. The van der Waals surface area contributed by atoms with Gasteiger partial charge in [-0.05, 0) is 96.0 Å². The number of nitrogens with one attached hydrogen (secondary N) is 1. The summed E-state index contributed by atoms with van der Waals surface area (Å²) in [6.45, 7) is 18.2. The van der Waals surface area contributed by atoms with Gasteiger partial charge in [0, 0.05) is 23.7 Å². The number of carboxylic acids is 1. The Morgan fingerprint density at radius 3 is 2.20 bits per heavy atom. The SMILES string of the molecule is CC[C@@H](C(=O)[C@@H](C)[C@@H](O)[C@H](C)[C@@H]1O[C@@H]([C@@H](CC)C(=O)O)CC[C@@H]1C)[C@H]1O[C@]2(C=C[C@@H](NC(=O)OCC(F)F)C(C3CC[C@@](C)([C@H]4CC[C@](O)(CC)[C@H](C)O4)O3)O2)[C@H](C)C[C@@H]1C. The number of hydrogen-bond donors (Lipinski definition) is 4. The third-order valence-corrected chi connectivity index (χ3v) is 15.3. The van der Waals surface area contributed by atoms with Crippen LogP contribution in [0, 0.1) is 41.4 Å². The molecule has 5 aliphatic rings. The fraction of sp³-hybridized carbons (Fsp3) is 0.891. The summed E-state index contributed by atoms with van der Waals surface area (Å²) >= 11 is 0. The fourth-order valence-electron chi connectivity index (χ4n) is 11.1. The lowest BCUT2D eigenvalue weighted by Gasteiger charge is -2.52. The molecule has 13 nitrogen and oxygen atoms in total. The molecule has 4 fully saturated rings. The van der Waals surface area contributed by atoms with Gasteiger partial charge in [-0.25, -0.2) is 13.6 Å². The number of carbonyl (C=O) groups excluding carboxylic acids is 2. The van der Waals surface area contributed by atoms with Crippen LogP contribution in [0.25, 0.3) is 0 Å². The summed E-state index contributed by atoms with van der Waals surface area (Å²) < 4.78 is 64.4. The number of aliphatic hydroxyl groups excluding tert-OH is 1. The van der Waals surface area contributed by atoms with Crippen molar-refractivity contribution in [2.45, 2.75) is 212 Å². The minimum atomic E-state index is -2.84. The Bertz CT molecular complexity index is 1540. The van der Waals surface area contributed by atoms with E-state index in [-0.39, 0.29) is 29.6 Å². The molecule has 1 amide bonds. The highest BCUT2D eigenvalue weighted by Gasteiger charge is 2.57. The molecule has 0 radical (unpaired) electrons. The normalized spacial score (nSPS) is 41.8. The lowest BCUT2D eigenvalue weighted by atomic mass is 9.72. The predicted molar refractivity (Wildman–Crippen MR) is 222 cm³/mol. The standard InChI is InChI=1S/C46H75F2NO12/c1-11-30(42(52)53)33-15-14-24(4)39(58-33)28(8)37(50)27(7)38(51)31(12-2)40-25(5)22-26(6)46(60-40)21-16-32(49-43(54)56-23-36(47)48)41(61-46)34-17-19-44(10,59-34)35-18-20-45(55,13-3)29(9)57-35/h16,21,24-37,39-41,50,55H,11-15,17-20,22-23H2,1-10H3,(H,49,54)(H,52,53)/t24-,25-,26+,27-,28-,29-,30+,31-,32+,33+,34?,35+,37+,39+,40-,41?,44-,45+,46-/m0/s1. The molecule has 0 aromatic carbocycles. The van der Waals surface area contributed by atoms with Crippen LogP contribution >= 0.6 is 0 Å². The van der Waals surface area contributed by atoms with E-state index in [2.05, 4.69) is 5.32 Å². The number of alkyl carbamates (subject to hydrolysis) is 1.